The summed E-state index contributed by atoms with van der Waals surface area (Å²) < 4.78 is 0. The summed E-state index contributed by atoms with van der Waals surface area (Å²) in [6.45, 7) is 1.87. The van der Waals surface area contributed by atoms with E-state index in [4.69, 9.17) is 5.73 Å². The summed E-state index contributed by atoms with van der Waals surface area (Å²) in [7, 11) is 0. The molecule has 0 saturated heterocycles. The molecule has 0 fully saturated rings. The van der Waals surface area contributed by atoms with Gasteiger partial charge < -0.3 is 10.8 Å². The Kier molecular flexibility index (Phi) is 4.20. The van der Waals surface area contributed by atoms with Gasteiger partial charge in [-0.25, -0.2) is 0 Å². The maximum absolute atomic E-state index is 11.7. The molecule has 3 N–H and O–H groups in total. The number of carboxylic acid groups (broad SMARTS) is 1. The first-order valence-electron chi connectivity index (χ1n) is 6.65. The van der Waals surface area contributed by atoms with Crippen molar-refractivity contribution in [2.45, 2.75) is 24.8 Å². The largest absolute Gasteiger partial charge is 0.480 e. The molecule has 3 nitrogen and oxygen atoms in total. The van der Waals surface area contributed by atoms with Gasteiger partial charge in [-0.3, -0.25) is 4.79 Å². The van der Waals surface area contributed by atoms with Crippen LogP contribution in [0.25, 0.3) is 0 Å². The lowest BCUT2D eigenvalue weighted by molar-refractivity contribution is -0.144. The molecule has 0 radical (unpaired) electrons. The second-order valence-electron chi connectivity index (χ2n) is 5.14. The fourth-order valence-corrected chi connectivity index (χ4v) is 2.39. The van der Waals surface area contributed by atoms with Crippen LogP contribution in [0.15, 0.2) is 60.7 Å². The van der Waals surface area contributed by atoms with E-state index in [1.807, 2.05) is 67.6 Å². The van der Waals surface area contributed by atoms with Gasteiger partial charge in [0.1, 0.15) is 5.54 Å². The van der Waals surface area contributed by atoms with Gasteiger partial charge in [-0.2, -0.15) is 0 Å². The number of nitrogens with two attached hydrogens (primary N) is 1. The van der Waals surface area contributed by atoms with Crippen LogP contribution < -0.4 is 5.73 Å². The Morgan fingerprint density at radius 2 is 1.60 bits per heavy atom. The topological polar surface area (TPSA) is 63.3 Å². The lowest BCUT2D eigenvalue weighted by Crippen LogP contribution is -2.54. The van der Waals surface area contributed by atoms with Gasteiger partial charge in [-0.05, 0) is 11.1 Å². The molecule has 0 aliphatic carbocycles. The lowest BCUT2D eigenvalue weighted by Gasteiger charge is -2.32. The van der Waals surface area contributed by atoms with Crippen molar-refractivity contribution in [3.8, 4) is 0 Å². The van der Waals surface area contributed by atoms with Crippen LogP contribution in [0.4, 0.5) is 0 Å². The number of benzene rings is 2. The van der Waals surface area contributed by atoms with Gasteiger partial charge in [-0.15, -0.1) is 0 Å². The maximum Gasteiger partial charge on any atom is 0.324 e. The van der Waals surface area contributed by atoms with E-state index in [-0.39, 0.29) is 5.92 Å². The number of carbonyl (C=O) groups is 1. The molecule has 2 unspecified atom stereocenters. The second kappa shape index (κ2) is 5.88. The summed E-state index contributed by atoms with van der Waals surface area (Å²) in [5.74, 6) is -1.25. The van der Waals surface area contributed by atoms with E-state index in [9.17, 15) is 9.90 Å². The summed E-state index contributed by atoms with van der Waals surface area (Å²) in [5, 5.41) is 9.60. The van der Waals surface area contributed by atoms with Gasteiger partial charge in [0.25, 0.3) is 0 Å². The summed E-state index contributed by atoms with van der Waals surface area (Å²) in [4.78, 5) is 11.7. The predicted octanol–water partition coefficient (Wildman–Crippen LogP) is 2.81. The maximum atomic E-state index is 11.7. The highest BCUT2D eigenvalue weighted by molar-refractivity contribution is 5.80. The van der Waals surface area contributed by atoms with Crippen molar-refractivity contribution in [2.75, 3.05) is 0 Å². The van der Waals surface area contributed by atoms with E-state index in [1.165, 1.54) is 0 Å². The first kappa shape index (κ1) is 14.3. The number of hydrogen-bond donors (Lipinski definition) is 2. The molecule has 104 valence electrons. The van der Waals surface area contributed by atoms with Crippen molar-refractivity contribution >= 4 is 5.97 Å². The Bertz CT molecular complexity index is 568. The average molecular weight is 269 g/mol. The van der Waals surface area contributed by atoms with Crippen LogP contribution in [-0.4, -0.2) is 16.6 Å². The Morgan fingerprint density at radius 1 is 1.10 bits per heavy atom. The van der Waals surface area contributed by atoms with Gasteiger partial charge in [0, 0.05) is 12.3 Å². The quantitative estimate of drug-likeness (QED) is 0.877. The molecule has 2 atom stereocenters. The molecule has 2 aromatic carbocycles. The van der Waals surface area contributed by atoms with Gasteiger partial charge >= 0.3 is 5.97 Å². The number of carboxylic acids is 1. The van der Waals surface area contributed by atoms with Gasteiger partial charge in [-0.1, -0.05) is 67.6 Å². The number of hydrogen-bond acceptors (Lipinski definition) is 2. The van der Waals surface area contributed by atoms with Crippen molar-refractivity contribution in [3.63, 3.8) is 0 Å². The van der Waals surface area contributed by atoms with Crippen LogP contribution in [0.3, 0.4) is 0 Å². The van der Waals surface area contributed by atoms with Crippen LogP contribution in [-0.2, 0) is 11.2 Å². The van der Waals surface area contributed by atoms with Crippen molar-refractivity contribution < 1.29 is 9.90 Å². The van der Waals surface area contributed by atoms with Crippen LogP contribution in [0.5, 0.6) is 0 Å². The Morgan fingerprint density at radius 3 is 2.10 bits per heavy atom. The monoisotopic (exact) mass is 269 g/mol. The van der Waals surface area contributed by atoms with E-state index in [1.54, 1.807) is 0 Å². The highest BCUT2D eigenvalue weighted by Gasteiger charge is 2.40. The van der Waals surface area contributed by atoms with E-state index in [0.29, 0.717) is 6.42 Å². The zero-order valence-corrected chi connectivity index (χ0v) is 11.5. The van der Waals surface area contributed by atoms with Gasteiger partial charge in [0.2, 0.25) is 0 Å². The fourth-order valence-electron chi connectivity index (χ4n) is 2.39. The fraction of sp³-hybridized carbons (Fsp3) is 0.235. The predicted molar refractivity (Wildman–Crippen MR) is 79.6 cm³/mol. The van der Waals surface area contributed by atoms with Gasteiger partial charge in [0.05, 0.1) is 0 Å². The summed E-state index contributed by atoms with van der Waals surface area (Å²) in [5.41, 5.74) is 6.80. The van der Waals surface area contributed by atoms with Crippen LogP contribution >= 0.6 is 0 Å². The molecule has 20 heavy (non-hydrogen) atoms. The SMILES string of the molecule is CC(c1ccccc1)C(N)(Cc1ccccc1)C(=O)O. The molecule has 0 heterocycles. The third kappa shape index (κ3) is 2.89. The first-order valence-corrected chi connectivity index (χ1v) is 6.65. The summed E-state index contributed by atoms with van der Waals surface area (Å²) >= 11 is 0. The van der Waals surface area contributed by atoms with E-state index >= 15 is 0 Å². The molecule has 3 heteroatoms. The molecule has 0 aliphatic heterocycles. The van der Waals surface area contributed by atoms with Crippen molar-refractivity contribution in [1.82, 2.24) is 0 Å². The lowest BCUT2D eigenvalue weighted by atomic mass is 9.77. The van der Waals surface area contributed by atoms with Crippen LogP contribution in [0.1, 0.15) is 24.0 Å². The van der Waals surface area contributed by atoms with Gasteiger partial charge in [0.15, 0.2) is 0 Å². The minimum absolute atomic E-state index is 0.276. The normalized spacial score (nSPS) is 15.3. The highest BCUT2D eigenvalue weighted by Crippen LogP contribution is 2.29. The molecule has 0 amide bonds. The standard InChI is InChI=1S/C17H19NO2/c1-13(15-10-6-3-7-11-15)17(18,16(19)20)12-14-8-4-2-5-9-14/h2-11,13H,12,18H2,1H3,(H,19,20). The van der Waals surface area contributed by atoms with Crippen molar-refractivity contribution in [2.24, 2.45) is 5.73 Å². The minimum Gasteiger partial charge on any atom is -0.480 e. The summed E-state index contributed by atoms with van der Waals surface area (Å²) in [6.07, 6.45) is 0.305. The average Bonchev–Trinajstić information content (AvgIpc) is 2.48. The smallest absolute Gasteiger partial charge is 0.324 e. The molecular weight excluding hydrogens is 250 g/mol. The molecule has 0 aliphatic rings. The number of aliphatic carboxylic acids is 1. The Balaban J connectivity index is 2.32. The van der Waals surface area contributed by atoms with E-state index in [2.05, 4.69) is 0 Å². The molecule has 0 aromatic heterocycles. The zero-order valence-electron chi connectivity index (χ0n) is 11.5. The molecule has 0 saturated carbocycles. The molecule has 2 rings (SSSR count). The third-order valence-electron chi connectivity index (χ3n) is 3.81. The first-order chi connectivity index (χ1) is 9.54. The van der Waals surface area contributed by atoms with E-state index < -0.39 is 11.5 Å². The van der Waals surface area contributed by atoms with Crippen LogP contribution in [0.2, 0.25) is 0 Å². The summed E-state index contributed by atoms with van der Waals surface area (Å²) in [6, 6.07) is 19.0. The van der Waals surface area contributed by atoms with E-state index in [0.717, 1.165) is 11.1 Å². The third-order valence-corrected chi connectivity index (χ3v) is 3.81. The van der Waals surface area contributed by atoms with Crippen molar-refractivity contribution in [3.05, 3.63) is 71.8 Å². The highest BCUT2D eigenvalue weighted by atomic mass is 16.4. The zero-order chi connectivity index (χ0) is 14.6. The minimum atomic E-state index is -1.32. The number of rotatable bonds is 5. The molecule has 0 spiro atoms. The Labute approximate surface area is 119 Å². The van der Waals surface area contributed by atoms with Crippen LogP contribution in [0, 0.1) is 0 Å². The Hall–Kier alpha value is -2.13. The second-order valence-corrected chi connectivity index (χ2v) is 5.14. The molecule has 2 aromatic rings. The van der Waals surface area contributed by atoms with Crippen molar-refractivity contribution in [1.29, 1.82) is 0 Å². The molecular formula is C17H19NO2. The molecule has 0 bridgehead atoms.